The Labute approximate surface area is 168 Å². The van der Waals surface area contributed by atoms with Gasteiger partial charge >= 0.3 is 0 Å². The van der Waals surface area contributed by atoms with E-state index < -0.39 is 0 Å². The van der Waals surface area contributed by atoms with E-state index in [4.69, 9.17) is 0 Å². The van der Waals surface area contributed by atoms with Gasteiger partial charge in [0, 0.05) is 25.5 Å². The third-order valence-electron chi connectivity index (χ3n) is 4.75. The van der Waals surface area contributed by atoms with Gasteiger partial charge in [0.2, 0.25) is 0 Å². The first-order chi connectivity index (χ1) is 14.2. The largest absolute Gasteiger partial charge is 0.353 e. The highest BCUT2D eigenvalue weighted by Crippen LogP contribution is 2.22. The van der Waals surface area contributed by atoms with Gasteiger partial charge in [-0.1, -0.05) is 55.5 Å². The summed E-state index contributed by atoms with van der Waals surface area (Å²) in [6.07, 6.45) is 4.44. The lowest BCUT2D eigenvalue weighted by atomic mass is 10.1. The zero-order valence-electron chi connectivity index (χ0n) is 16.2. The zero-order chi connectivity index (χ0) is 20.2. The molecule has 2 aromatic carbocycles. The van der Waals surface area contributed by atoms with Gasteiger partial charge in [-0.15, -0.1) is 0 Å². The van der Waals surface area contributed by atoms with Crippen LogP contribution in [-0.2, 0) is 13.1 Å². The lowest BCUT2D eigenvalue weighted by molar-refractivity contribution is 0.0950. The number of hydrogen-bond donors (Lipinski definition) is 1. The van der Waals surface area contributed by atoms with Crippen LogP contribution in [0.15, 0.2) is 77.9 Å². The molecule has 0 fully saturated rings. The van der Waals surface area contributed by atoms with Crippen LogP contribution in [0.2, 0.25) is 0 Å². The van der Waals surface area contributed by atoms with Crippen molar-refractivity contribution >= 4 is 5.91 Å². The van der Waals surface area contributed by atoms with Crippen molar-refractivity contribution in [2.24, 2.45) is 0 Å². The third-order valence-corrected chi connectivity index (χ3v) is 4.75. The van der Waals surface area contributed by atoms with E-state index >= 15 is 0 Å². The van der Waals surface area contributed by atoms with Gasteiger partial charge < -0.3 is 9.88 Å². The second kappa shape index (κ2) is 8.14. The molecule has 1 amide bonds. The maximum Gasteiger partial charge on any atom is 0.282 e. The van der Waals surface area contributed by atoms with Crippen molar-refractivity contribution in [1.82, 2.24) is 19.7 Å². The maximum atomic E-state index is 13.0. The number of nitrogens with one attached hydrogen (secondary N) is 1. The van der Waals surface area contributed by atoms with Crippen LogP contribution in [0.4, 0.5) is 0 Å². The molecule has 6 nitrogen and oxygen atoms in total. The van der Waals surface area contributed by atoms with Crippen molar-refractivity contribution < 1.29 is 4.79 Å². The minimum atomic E-state index is -0.248. The summed E-state index contributed by atoms with van der Waals surface area (Å²) in [7, 11) is 0. The molecule has 0 atom stereocenters. The van der Waals surface area contributed by atoms with Gasteiger partial charge in [-0.2, -0.15) is 9.78 Å². The van der Waals surface area contributed by atoms with E-state index in [2.05, 4.69) is 17.3 Å². The first-order valence-electron chi connectivity index (χ1n) is 9.67. The Morgan fingerprint density at radius 1 is 1.00 bits per heavy atom. The summed E-state index contributed by atoms with van der Waals surface area (Å²) in [5.41, 5.74) is 2.71. The number of aromatic nitrogens is 3. The Morgan fingerprint density at radius 2 is 1.69 bits per heavy atom. The highest BCUT2D eigenvalue weighted by atomic mass is 16.2. The third kappa shape index (κ3) is 3.82. The van der Waals surface area contributed by atoms with Crippen molar-refractivity contribution in [2.75, 3.05) is 0 Å². The molecule has 2 aliphatic heterocycles. The fraction of sp³-hybridized carbons (Fsp3) is 0.174. The normalized spacial score (nSPS) is 10.9. The smallest absolute Gasteiger partial charge is 0.282 e. The Bertz CT molecular complexity index is 1150. The quantitative estimate of drug-likeness (QED) is 0.552. The van der Waals surface area contributed by atoms with Gasteiger partial charge in [-0.05, 0) is 24.1 Å². The van der Waals surface area contributed by atoms with Gasteiger partial charge in [0.1, 0.15) is 5.69 Å². The molecule has 0 aromatic heterocycles. The second-order valence-electron chi connectivity index (χ2n) is 6.89. The molecule has 146 valence electrons. The topological polar surface area (TPSA) is 68.9 Å². The molecule has 0 aliphatic carbocycles. The fourth-order valence-electron chi connectivity index (χ4n) is 3.33. The summed E-state index contributed by atoms with van der Waals surface area (Å²) in [6.45, 7) is 3.18. The predicted octanol–water partition coefficient (Wildman–Crippen LogP) is 3.48. The van der Waals surface area contributed by atoms with Crippen molar-refractivity contribution in [3.8, 4) is 16.9 Å². The summed E-state index contributed by atoms with van der Waals surface area (Å²) in [5.74, 6) is -0.248. The fourth-order valence-corrected chi connectivity index (χ4v) is 3.33. The average Bonchev–Trinajstić information content (AvgIpc) is 3.10. The highest BCUT2D eigenvalue weighted by Gasteiger charge is 2.24. The maximum absolute atomic E-state index is 13.0. The number of rotatable bonds is 6. The van der Waals surface area contributed by atoms with Gasteiger partial charge in [0.25, 0.3) is 11.5 Å². The molecule has 0 saturated carbocycles. The standard InChI is InChI=1S/C23H22N4O2/c1-2-13-26-15-19(22(28)24-14-17-9-5-3-6-10-17)21-20(16-26)23(29)27(25-21)18-11-7-4-8-12-18/h3-12,15-16H,2,13-14H2,1H3,(H,24,28). The molecule has 29 heavy (non-hydrogen) atoms. The number of benzene rings is 2. The van der Waals surface area contributed by atoms with Crippen molar-refractivity contribution in [3.05, 3.63) is 94.5 Å². The van der Waals surface area contributed by atoms with Gasteiger partial charge in [-0.3, -0.25) is 9.59 Å². The van der Waals surface area contributed by atoms with E-state index in [1.54, 1.807) is 12.4 Å². The number of fused-ring (bicyclic) bond motifs is 1. The molecule has 0 bridgehead atoms. The minimum absolute atomic E-state index is 0.228. The van der Waals surface area contributed by atoms with Gasteiger partial charge in [-0.25, -0.2) is 0 Å². The summed E-state index contributed by atoms with van der Waals surface area (Å²) >= 11 is 0. The van der Waals surface area contributed by atoms with E-state index in [1.165, 1.54) is 4.68 Å². The summed E-state index contributed by atoms with van der Waals surface area (Å²) in [4.78, 5) is 26.0. The van der Waals surface area contributed by atoms with E-state index in [0.29, 0.717) is 35.6 Å². The lowest BCUT2D eigenvalue weighted by Crippen LogP contribution is -2.25. The van der Waals surface area contributed by atoms with Crippen LogP contribution in [0, 0.1) is 0 Å². The van der Waals surface area contributed by atoms with E-state index in [-0.39, 0.29) is 11.5 Å². The molecule has 1 N–H and O–H groups in total. The summed E-state index contributed by atoms with van der Waals surface area (Å²) in [5, 5.41) is 7.43. The van der Waals surface area contributed by atoms with E-state index in [0.717, 1.165) is 12.0 Å². The van der Waals surface area contributed by atoms with Crippen LogP contribution >= 0.6 is 0 Å². The number of hydrogen-bond acceptors (Lipinski definition) is 3. The lowest BCUT2D eigenvalue weighted by Gasteiger charge is -2.12. The van der Waals surface area contributed by atoms with Crippen LogP contribution in [0.3, 0.4) is 0 Å². The first kappa shape index (κ1) is 18.7. The summed E-state index contributed by atoms with van der Waals surface area (Å²) in [6, 6.07) is 18.9. The molecular weight excluding hydrogens is 364 g/mol. The Balaban J connectivity index is 1.75. The number of aryl methyl sites for hydroxylation is 1. The molecule has 0 unspecified atom stereocenters. The Morgan fingerprint density at radius 3 is 2.38 bits per heavy atom. The minimum Gasteiger partial charge on any atom is -0.353 e. The van der Waals surface area contributed by atoms with E-state index in [1.807, 2.05) is 65.2 Å². The number of para-hydroxylation sites is 1. The monoisotopic (exact) mass is 386 g/mol. The van der Waals surface area contributed by atoms with Crippen LogP contribution in [0.25, 0.3) is 16.9 Å². The molecule has 0 spiro atoms. The molecule has 6 heteroatoms. The molecule has 2 heterocycles. The first-order valence-corrected chi connectivity index (χ1v) is 9.67. The van der Waals surface area contributed by atoms with Crippen molar-refractivity contribution in [1.29, 1.82) is 0 Å². The molecule has 0 radical (unpaired) electrons. The summed E-state index contributed by atoms with van der Waals surface area (Å²) < 4.78 is 3.24. The van der Waals surface area contributed by atoms with Crippen LogP contribution in [-0.4, -0.2) is 20.3 Å². The zero-order valence-corrected chi connectivity index (χ0v) is 16.2. The highest BCUT2D eigenvalue weighted by molar-refractivity contribution is 5.99. The van der Waals surface area contributed by atoms with Gasteiger partial charge in [0.15, 0.2) is 0 Å². The van der Waals surface area contributed by atoms with Crippen molar-refractivity contribution in [3.63, 3.8) is 0 Å². The van der Waals surface area contributed by atoms with Gasteiger partial charge in [0.05, 0.1) is 16.8 Å². The number of nitrogens with zero attached hydrogens (tertiary/aromatic N) is 3. The Hall–Kier alpha value is -3.67. The predicted molar refractivity (Wildman–Crippen MR) is 112 cm³/mol. The SMILES string of the molecule is CCCn1cc(C(=O)NCc2ccccc2)c2nn(-c3ccccc3)c(=O)c-2c1. The van der Waals surface area contributed by atoms with Crippen LogP contribution in [0.1, 0.15) is 29.3 Å². The van der Waals surface area contributed by atoms with Crippen molar-refractivity contribution in [2.45, 2.75) is 26.4 Å². The number of carbonyl (C=O) groups is 1. The molecule has 2 aromatic rings. The molecule has 2 aliphatic rings. The molecular formula is C23H22N4O2. The van der Waals surface area contributed by atoms with E-state index in [9.17, 15) is 9.59 Å². The Kier molecular flexibility index (Phi) is 5.24. The second-order valence-corrected chi connectivity index (χ2v) is 6.89. The average molecular weight is 386 g/mol. The molecule has 4 rings (SSSR count). The number of carbonyl (C=O) groups excluding carboxylic acids is 1. The number of amides is 1. The van der Waals surface area contributed by atoms with Crippen LogP contribution in [0.5, 0.6) is 0 Å². The van der Waals surface area contributed by atoms with Crippen LogP contribution < -0.4 is 10.9 Å². The molecule has 0 saturated heterocycles. The number of pyridine rings is 1.